The predicted octanol–water partition coefficient (Wildman–Crippen LogP) is 29.8. The number of nitrogens with one attached hydrogen (secondary N) is 2. The predicted molar refractivity (Wildman–Crippen MR) is 459 cm³/mol. The molecule has 3 N–H and O–H groups in total. The lowest BCUT2D eigenvalue weighted by molar-refractivity contribution is 0.273. The van der Waals surface area contributed by atoms with Crippen LogP contribution in [0.3, 0.4) is 0 Å². The lowest BCUT2D eigenvalue weighted by Gasteiger charge is -2.10. The number of aromatic nitrogens is 4. The average molecular weight is 1450 g/mol. The molecule has 5 heterocycles. The maximum atomic E-state index is 9.34. The standard InChI is InChI=1S/C98H138N4O5/c1-4-7-10-13-16-19-22-25-28-31-34-37-41-46-75-104-83-58-50-79(51-59-83)95-87-66-68-89(99-87)96(80-52-60-84(61-53-80)105-76-47-42-38-35-32-29-26-23-20-17-14-11-8-5-2)91-70-72-93(101-91)98(82-56-64-86(65-57-82)107-78-49-44-40-45-74-103)94-73-71-92(102-94)97(90-69-67-88(95)100-90)81-54-62-85(63-55-81)106-77-48-43-39-36-33-30-27-24-21-18-15-12-9-6-3/h50-73,99,102-103H,4-49,74-78H2,1-3H3. The first-order chi connectivity index (χ1) is 53.0. The van der Waals surface area contributed by atoms with Crippen LogP contribution in [0.5, 0.6) is 23.0 Å². The van der Waals surface area contributed by atoms with Gasteiger partial charge in [-0.3, -0.25) is 0 Å². The minimum atomic E-state index is 0.232. The molecule has 9 nitrogen and oxygen atoms in total. The van der Waals surface area contributed by atoms with Crippen LogP contribution in [0, 0.1) is 0 Å². The summed E-state index contributed by atoms with van der Waals surface area (Å²) in [6.45, 7) is 9.89. The van der Waals surface area contributed by atoms with E-state index in [0.717, 1.165) is 157 Å². The van der Waals surface area contributed by atoms with Crippen LogP contribution < -0.4 is 18.9 Å². The zero-order valence-electron chi connectivity index (χ0n) is 66.9. The Morgan fingerprint density at radius 2 is 0.402 bits per heavy atom. The summed E-state index contributed by atoms with van der Waals surface area (Å²) in [5.41, 5.74) is 15.3. The second kappa shape index (κ2) is 51.1. The molecule has 580 valence electrons. The van der Waals surface area contributed by atoms with Gasteiger partial charge in [-0.1, -0.05) is 326 Å². The number of fused-ring (bicyclic) bond motifs is 8. The van der Waals surface area contributed by atoms with E-state index in [-0.39, 0.29) is 6.61 Å². The van der Waals surface area contributed by atoms with Crippen LogP contribution in [-0.2, 0) is 0 Å². The van der Waals surface area contributed by atoms with Crippen LogP contribution in [0.4, 0.5) is 0 Å². The molecule has 3 aromatic heterocycles. The van der Waals surface area contributed by atoms with Crippen molar-refractivity contribution in [3.8, 4) is 67.5 Å². The van der Waals surface area contributed by atoms with Gasteiger partial charge in [0.25, 0.3) is 0 Å². The average Bonchev–Trinajstić information content (AvgIpc) is 1.62. The Morgan fingerprint density at radius 1 is 0.224 bits per heavy atom. The third kappa shape index (κ3) is 29.9. The zero-order valence-corrected chi connectivity index (χ0v) is 66.9. The molecule has 107 heavy (non-hydrogen) atoms. The highest BCUT2D eigenvalue weighted by Gasteiger charge is 2.20. The Labute approximate surface area is 647 Å². The second-order valence-electron chi connectivity index (χ2n) is 30.9. The molecule has 8 bridgehead atoms. The SMILES string of the molecule is CCCCCCCCCCCCCCCCOc1ccc(-c2c3nc(c(-c4ccc(OCCCCCCCCCCCCCCCC)cc4)c4ccc([nH]4)c(-c4ccc(OCCCCCCCCCCCCCCCC)cc4)c4nc(c(-c5ccc(OCCCCCCO)cc5)c5ccc2[nH]5)C=C4)C=C3)cc1. The van der Waals surface area contributed by atoms with Crippen molar-refractivity contribution < 1.29 is 24.1 Å². The van der Waals surface area contributed by atoms with Crippen molar-refractivity contribution in [2.24, 2.45) is 0 Å². The van der Waals surface area contributed by atoms with Crippen molar-refractivity contribution in [3.05, 3.63) is 144 Å². The molecule has 0 saturated carbocycles. The van der Waals surface area contributed by atoms with Gasteiger partial charge < -0.3 is 34.0 Å². The van der Waals surface area contributed by atoms with Crippen LogP contribution in [0.2, 0.25) is 0 Å². The maximum absolute atomic E-state index is 9.34. The molecule has 2 aliphatic rings. The maximum Gasteiger partial charge on any atom is 0.119 e. The Hall–Kier alpha value is -7.36. The van der Waals surface area contributed by atoms with E-state index in [0.29, 0.717) is 26.4 Å². The molecule has 4 aromatic carbocycles. The lowest BCUT2D eigenvalue weighted by atomic mass is 10.0. The summed E-state index contributed by atoms with van der Waals surface area (Å²) in [4.78, 5) is 19.3. The number of aromatic amines is 2. The summed E-state index contributed by atoms with van der Waals surface area (Å²) in [6, 6.07) is 43.3. The van der Waals surface area contributed by atoms with Crippen LogP contribution in [-0.4, -0.2) is 58.1 Å². The van der Waals surface area contributed by atoms with Gasteiger partial charge in [-0.2, -0.15) is 0 Å². The van der Waals surface area contributed by atoms with Crippen molar-refractivity contribution in [3.63, 3.8) is 0 Å². The largest absolute Gasteiger partial charge is 0.494 e. The fraction of sp³-hybridized carbons (Fsp3) is 0.551. The summed E-state index contributed by atoms with van der Waals surface area (Å²) < 4.78 is 25.7. The monoisotopic (exact) mass is 1450 g/mol. The number of unbranched alkanes of at least 4 members (excludes halogenated alkanes) is 42. The van der Waals surface area contributed by atoms with Gasteiger partial charge in [0.15, 0.2) is 0 Å². The number of H-pyrrole nitrogens is 2. The smallest absolute Gasteiger partial charge is 0.119 e. The molecule has 0 fully saturated rings. The molecule has 9 heteroatoms. The molecule has 0 saturated heterocycles. The van der Waals surface area contributed by atoms with Gasteiger partial charge in [-0.15, -0.1) is 0 Å². The van der Waals surface area contributed by atoms with Gasteiger partial charge in [0.1, 0.15) is 23.0 Å². The number of aliphatic hydroxyl groups excluding tert-OH is 1. The highest BCUT2D eigenvalue weighted by atomic mass is 16.5. The fourth-order valence-corrected chi connectivity index (χ4v) is 15.5. The minimum absolute atomic E-state index is 0.232. The third-order valence-corrected chi connectivity index (χ3v) is 21.9. The van der Waals surface area contributed by atoms with Crippen LogP contribution in [0.15, 0.2) is 121 Å². The van der Waals surface area contributed by atoms with Crippen molar-refractivity contribution in [2.75, 3.05) is 33.0 Å². The van der Waals surface area contributed by atoms with Crippen LogP contribution in [0.1, 0.15) is 339 Å². The number of aliphatic hydroxyl groups is 1. The van der Waals surface area contributed by atoms with Crippen molar-refractivity contribution in [1.82, 2.24) is 19.9 Å². The zero-order chi connectivity index (χ0) is 74.2. The Kier molecular flexibility index (Phi) is 40.0. The molecule has 2 aliphatic heterocycles. The second-order valence-corrected chi connectivity index (χ2v) is 30.9. The van der Waals surface area contributed by atoms with E-state index >= 15 is 0 Å². The topological polar surface area (TPSA) is 115 Å². The van der Waals surface area contributed by atoms with E-state index in [1.807, 2.05) is 0 Å². The molecule has 0 radical (unpaired) electrons. The van der Waals surface area contributed by atoms with Crippen molar-refractivity contribution in [1.29, 1.82) is 0 Å². The van der Waals surface area contributed by atoms with Gasteiger partial charge in [0, 0.05) is 50.9 Å². The van der Waals surface area contributed by atoms with Gasteiger partial charge in [0.2, 0.25) is 0 Å². The fourth-order valence-electron chi connectivity index (χ4n) is 15.5. The quantitative estimate of drug-likeness (QED) is 0.0325. The summed E-state index contributed by atoms with van der Waals surface area (Å²) in [7, 11) is 0. The van der Waals surface area contributed by atoms with Crippen LogP contribution in [0.25, 0.3) is 90.9 Å². The summed E-state index contributed by atoms with van der Waals surface area (Å²) in [6.07, 6.45) is 68.6. The van der Waals surface area contributed by atoms with E-state index < -0.39 is 0 Å². The van der Waals surface area contributed by atoms with E-state index in [1.165, 1.54) is 250 Å². The van der Waals surface area contributed by atoms with Gasteiger partial charge >= 0.3 is 0 Å². The molecular weight excluding hydrogens is 1310 g/mol. The first-order valence-electron chi connectivity index (χ1n) is 43.7. The number of ether oxygens (including phenoxy) is 4. The van der Waals surface area contributed by atoms with E-state index in [1.54, 1.807) is 0 Å². The van der Waals surface area contributed by atoms with E-state index in [9.17, 15) is 5.11 Å². The molecule has 0 aliphatic carbocycles. The Balaban J connectivity index is 0.982. The number of benzene rings is 4. The molecular formula is C98H138N4O5. The van der Waals surface area contributed by atoms with Gasteiger partial charge in [0.05, 0.1) is 49.2 Å². The van der Waals surface area contributed by atoms with Crippen molar-refractivity contribution in [2.45, 2.75) is 316 Å². The lowest BCUT2D eigenvalue weighted by Crippen LogP contribution is -1.97. The summed E-state index contributed by atoms with van der Waals surface area (Å²) in [5, 5.41) is 9.34. The molecule has 7 aromatic rings. The van der Waals surface area contributed by atoms with Gasteiger partial charge in [-0.05, 0) is 158 Å². The minimum Gasteiger partial charge on any atom is -0.494 e. The van der Waals surface area contributed by atoms with Crippen LogP contribution >= 0.6 is 0 Å². The number of nitrogens with zero attached hydrogens (tertiary/aromatic N) is 2. The molecule has 9 rings (SSSR count). The van der Waals surface area contributed by atoms with Crippen molar-refractivity contribution >= 4 is 46.4 Å². The van der Waals surface area contributed by atoms with E-state index in [4.69, 9.17) is 28.9 Å². The Morgan fingerprint density at radius 3 is 0.589 bits per heavy atom. The normalized spacial score (nSPS) is 11.9. The third-order valence-electron chi connectivity index (χ3n) is 21.9. The number of hydrogen-bond acceptors (Lipinski definition) is 7. The number of rotatable bonds is 59. The number of hydrogen-bond donors (Lipinski definition) is 3. The highest BCUT2D eigenvalue weighted by Crippen LogP contribution is 2.40. The first-order valence-corrected chi connectivity index (χ1v) is 43.7. The van der Waals surface area contributed by atoms with E-state index in [2.05, 4.69) is 176 Å². The summed E-state index contributed by atoms with van der Waals surface area (Å²) >= 11 is 0. The molecule has 0 spiro atoms. The first kappa shape index (κ1) is 83.7. The summed E-state index contributed by atoms with van der Waals surface area (Å²) in [5.74, 6) is 3.47. The highest BCUT2D eigenvalue weighted by molar-refractivity contribution is 6.00. The molecule has 0 unspecified atom stereocenters. The Bertz CT molecular complexity index is 3690. The molecule has 0 amide bonds. The van der Waals surface area contributed by atoms with Gasteiger partial charge in [-0.25, -0.2) is 9.97 Å². The molecule has 0 atom stereocenters.